The molecule has 0 fully saturated rings. The summed E-state index contributed by atoms with van der Waals surface area (Å²) in [5.74, 6) is 2.46. The maximum Gasteiger partial charge on any atom is 0.231 e. The van der Waals surface area contributed by atoms with Crippen molar-refractivity contribution < 1.29 is 9.47 Å². The van der Waals surface area contributed by atoms with E-state index in [4.69, 9.17) is 15.2 Å². The zero-order valence-corrected chi connectivity index (χ0v) is 16.9. The lowest BCUT2D eigenvalue weighted by Gasteiger charge is -2.30. The second kappa shape index (κ2) is 7.26. The lowest BCUT2D eigenvalue weighted by atomic mass is 9.82. The third-order valence-electron chi connectivity index (χ3n) is 5.88. The molecule has 1 aromatic heterocycles. The predicted molar refractivity (Wildman–Crippen MR) is 113 cm³/mol. The Hall–Kier alpha value is -2.31. The number of nitrogens with two attached hydrogens (primary N) is 1. The van der Waals surface area contributed by atoms with Crippen molar-refractivity contribution in [2.75, 3.05) is 32.7 Å². The smallest absolute Gasteiger partial charge is 0.231 e. The van der Waals surface area contributed by atoms with Gasteiger partial charge in [-0.15, -0.1) is 0 Å². The van der Waals surface area contributed by atoms with E-state index in [1.165, 1.54) is 34.2 Å². The fourth-order valence-electron chi connectivity index (χ4n) is 4.49. The van der Waals surface area contributed by atoms with Crippen LogP contribution in [0, 0.1) is 0 Å². The number of likely N-dealkylation sites (N-methyl/N-ethyl adjacent to an activating group) is 1. The zero-order valence-electron chi connectivity index (χ0n) is 16.1. The van der Waals surface area contributed by atoms with Crippen molar-refractivity contribution in [1.82, 2.24) is 9.88 Å². The topological polar surface area (TPSA) is 60.6 Å². The molecule has 0 saturated carbocycles. The van der Waals surface area contributed by atoms with Gasteiger partial charge in [0.25, 0.3) is 0 Å². The number of thiazole rings is 1. The van der Waals surface area contributed by atoms with Crippen LogP contribution in [0.4, 0.5) is 5.13 Å². The molecule has 0 bridgehead atoms. The van der Waals surface area contributed by atoms with Crippen molar-refractivity contribution in [3.8, 4) is 11.5 Å². The number of benzene rings is 2. The molecular weight excluding hydrogens is 370 g/mol. The number of hydrogen-bond donors (Lipinski definition) is 1. The normalized spacial score (nSPS) is 18.0. The summed E-state index contributed by atoms with van der Waals surface area (Å²) in [6.07, 6.45) is 4.59. The maximum atomic E-state index is 5.82. The molecule has 2 aromatic carbocycles. The lowest BCUT2D eigenvalue weighted by molar-refractivity contribution is 0.173. The first-order valence-electron chi connectivity index (χ1n) is 9.92. The van der Waals surface area contributed by atoms with Gasteiger partial charge < -0.3 is 20.1 Å². The highest BCUT2D eigenvalue weighted by atomic mass is 32.1. The van der Waals surface area contributed by atoms with Crippen LogP contribution in [-0.2, 0) is 12.8 Å². The number of aromatic nitrogens is 1. The van der Waals surface area contributed by atoms with Gasteiger partial charge >= 0.3 is 0 Å². The Kier molecular flexibility index (Phi) is 4.61. The van der Waals surface area contributed by atoms with E-state index in [9.17, 15) is 0 Å². The van der Waals surface area contributed by atoms with E-state index >= 15 is 0 Å². The van der Waals surface area contributed by atoms with Crippen molar-refractivity contribution in [1.29, 1.82) is 0 Å². The number of fused-ring (bicyclic) bond motifs is 4. The minimum Gasteiger partial charge on any atom is -0.454 e. The van der Waals surface area contributed by atoms with Crippen LogP contribution in [-0.4, -0.2) is 36.8 Å². The Morgan fingerprint density at radius 1 is 1.25 bits per heavy atom. The van der Waals surface area contributed by atoms with E-state index in [-0.39, 0.29) is 0 Å². The van der Waals surface area contributed by atoms with Crippen molar-refractivity contribution in [3.63, 3.8) is 0 Å². The zero-order chi connectivity index (χ0) is 19.1. The minimum absolute atomic E-state index is 0.353. The molecular formula is C22H25N3O2S. The first-order valence-corrected chi connectivity index (χ1v) is 10.7. The molecule has 146 valence electrons. The highest BCUT2D eigenvalue weighted by molar-refractivity contribution is 7.22. The first kappa shape index (κ1) is 17.8. The average Bonchev–Trinajstić information content (AvgIpc) is 3.31. The number of ether oxygens (including phenoxy) is 2. The molecule has 6 heteroatoms. The maximum absolute atomic E-state index is 5.82. The first-order chi connectivity index (χ1) is 13.7. The summed E-state index contributed by atoms with van der Waals surface area (Å²) in [6, 6.07) is 10.8. The van der Waals surface area contributed by atoms with Crippen LogP contribution in [0.2, 0.25) is 0 Å². The van der Waals surface area contributed by atoms with Crippen molar-refractivity contribution in [2.45, 2.75) is 31.6 Å². The quantitative estimate of drug-likeness (QED) is 0.701. The van der Waals surface area contributed by atoms with E-state index in [1.807, 2.05) is 0 Å². The van der Waals surface area contributed by atoms with Crippen LogP contribution in [0.25, 0.3) is 10.2 Å². The molecule has 3 aromatic rings. The molecule has 28 heavy (non-hydrogen) atoms. The van der Waals surface area contributed by atoms with Crippen LogP contribution in [0.5, 0.6) is 11.5 Å². The Balaban J connectivity index is 1.25. The lowest BCUT2D eigenvalue weighted by Crippen LogP contribution is -2.28. The van der Waals surface area contributed by atoms with Gasteiger partial charge in [0.1, 0.15) is 0 Å². The van der Waals surface area contributed by atoms with Crippen LogP contribution < -0.4 is 15.2 Å². The Labute approximate surface area is 169 Å². The molecule has 1 atom stereocenters. The third kappa shape index (κ3) is 3.31. The van der Waals surface area contributed by atoms with Gasteiger partial charge in [-0.3, -0.25) is 0 Å². The summed E-state index contributed by atoms with van der Waals surface area (Å²) in [7, 11) is 2.23. The monoisotopic (exact) mass is 395 g/mol. The van der Waals surface area contributed by atoms with Crippen molar-refractivity contribution in [2.24, 2.45) is 0 Å². The van der Waals surface area contributed by atoms with E-state index < -0.39 is 0 Å². The van der Waals surface area contributed by atoms with Gasteiger partial charge in [-0.25, -0.2) is 4.98 Å². The van der Waals surface area contributed by atoms with Gasteiger partial charge in [0.2, 0.25) is 6.79 Å². The summed E-state index contributed by atoms with van der Waals surface area (Å²) in [5, 5.41) is 0.640. The van der Waals surface area contributed by atoms with E-state index in [0.717, 1.165) is 42.9 Å². The number of hydrogen-bond acceptors (Lipinski definition) is 6. The largest absolute Gasteiger partial charge is 0.454 e. The van der Waals surface area contributed by atoms with Gasteiger partial charge in [0, 0.05) is 18.7 Å². The highest BCUT2D eigenvalue weighted by Crippen LogP contribution is 2.44. The van der Waals surface area contributed by atoms with Crippen LogP contribution >= 0.6 is 11.3 Å². The third-order valence-corrected chi connectivity index (χ3v) is 6.73. The Bertz CT molecular complexity index is 1020. The standard InChI is InChI=1S/C22H25N3O2S/c1-25(10-9-14-5-7-18-20(11-14)28-22(23)24-18)12-15-3-2-4-17-16(15)6-8-19-21(17)27-13-26-19/h5-8,11,15H,2-4,9-10,12-13H2,1H3,(H2,23,24)/t15-/m0/s1. The van der Waals surface area contributed by atoms with Crippen LogP contribution in [0.15, 0.2) is 30.3 Å². The number of nitrogen functional groups attached to an aromatic ring is 1. The van der Waals surface area contributed by atoms with Gasteiger partial charge in [-0.05, 0) is 68.0 Å². The van der Waals surface area contributed by atoms with E-state index in [0.29, 0.717) is 17.8 Å². The van der Waals surface area contributed by atoms with Crippen molar-refractivity contribution >= 4 is 26.7 Å². The summed E-state index contributed by atoms with van der Waals surface area (Å²) in [5.41, 5.74) is 11.0. The number of nitrogens with zero attached hydrogens (tertiary/aromatic N) is 2. The number of rotatable bonds is 5. The molecule has 0 radical (unpaired) electrons. The van der Waals surface area contributed by atoms with E-state index in [1.54, 1.807) is 11.3 Å². The van der Waals surface area contributed by atoms with Gasteiger partial charge in [-0.1, -0.05) is 23.5 Å². The summed E-state index contributed by atoms with van der Waals surface area (Å²) >= 11 is 1.56. The highest BCUT2D eigenvalue weighted by Gasteiger charge is 2.28. The molecule has 2 heterocycles. The second-order valence-electron chi connectivity index (χ2n) is 7.82. The van der Waals surface area contributed by atoms with Gasteiger partial charge in [-0.2, -0.15) is 0 Å². The fraction of sp³-hybridized carbons (Fsp3) is 0.409. The Morgan fingerprint density at radius 3 is 3.11 bits per heavy atom. The average molecular weight is 396 g/mol. The summed E-state index contributed by atoms with van der Waals surface area (Å²) in [6.45, 7) is 2.46. The Morgan fingerprint density at radius 2 is 2.18 bits per heavy atom. The fourth-order valence-corrected chi connectivity index (χ4v) is 5.28. The molecule has 5 nitrogen and oxygen atoms in total. The minimum atomic E-state index is 0.353. The van der Waals surface area contributed by atoms with Gasteiger partial charge in [0.05, 0.1) is 10.2 Å². The molecule has 0 saturated heterocycles. The molecule has 0 amide bonds. The SMILES string of the molecule is CN(CCc1ccc2nc(N)sc2c1)C[C@@H]1CCCc2c1ccc1c2OCO1. The molecule has 1 aliphatic carbocycles. The molecule has 0 spiro atoms. The number of anilines is 1. The van der Waals surface area contributed by atoms with Crippen LogP contribution in [0.1, 0.15) is 35.4 Å². The van der Waals surface area contributed by atoms with Gasteiger partial charge in [0.15, 0.2) is 16.6 Å². The predicted octanol–water partition coefficient (Wildman–Crippen LogP) is 4.20. The molecule has 2 N–H and O–H groups in total. The second-order valence-corrected chi connectivity index (χ2v) is 8.88. The molecule has 2 aliphatic rings. The van der Waals surface area contributed by atoms with Crippen LogP contribution in [0.3, 0.4) is 0 Å². The van der Waals surface area contributed by atoms with Crippen molar-refractivity contribution in [3.05, 3.63) is 47.0 Å². The molecule has 0 unspecified atom stereocenters. The molecule has 5 rings (SSSR count). The van der Waals surface area contributed by atoms with E-state index in [2.05, 4.69) is 47.3 Å². The molecule has 1 aliphatic heterocycles. The summed E-state index contributed by atoms with van der Waals surface area (Å²) < 4.78 is 12.5. The summed E-state index contributed by atoms with van der Waals surface area (Å²) in [4.78, 5) is 6.79.